The molecule has 0 amide bonds. The lowest BCUT2D eigenvalue weighted by atomic mass is 10.3. The minimum Gasteiger partial charge on any atom is -0.478 e. The molecule has 2 N–H and O–H groups in total. The second-order valence-electron chi connectivity index (χ2n) is 5.56. The van der Waals surface area contributed by atoms with Gasteiger partial charge in [0.2, 0.25) is 5.88 Å². The van der Waals surface area contributed by atoms with E-state index in [9.17, 15) is 0 Å². The number of aromatic nitrogens is 2. The molecule has 0 atom stereocenters. The smallest absolute Gasteiger partial charge is 0.213 e. The molecule has 144 valence electrons. The van der Waals surface area contributed by atoms with Crippen molar-refractivity contribution in [1.29, 1.82) is 0 Å². The Hall–Kier alpha value is -1.42. The van der Waals surface area contributed by atoms with Gasteiger partial charge in [-0.1, -0.05) is 0 Å². The third kappa shape index (κ3) is 7.45. The Kier molecular flexibility index (Phi) is 10.5. The van der Waals surface area contributed by atoms with Gasteiger partial charge >= 0.3 is 0 Å². The van der Waals surface area contributed by atoms with Crippen LogP contribution in [0.1, 0.15) is 35.0 Å². The van der Waals surface area contributed by atoms with Crippen molar-refractivity contribution >= 4 is 41.3 Å². The van der Waals surface area contributed by atoms with E-state index in [4.69, 9.17) is 4.74 Å². The molecular weight excluding hydrogens is 461 g/mol. The maximum absolute atomic E-state index is 5.43. The van der Waals surface area contributed by atoms with Gasteiger partial charge in [-0.3, -0.25) is 0 Å². The summed E-state index contributed by atoms with van der Waals surface area (Å²) in [4.78, 5) is 14.7. The van der Waals surface area contributed by atoms with Crippen molar-refractivity contribution in [2.45, 2.75) is 40.7 Å². The van der Waals surface area contributed by atoms with Crippen LogP contribution in [0, 0.1) is 13.8 Å². The highest BCUT2D eigenvalue weighted by Crippen LogP contribution is 2.16. The fraction of sp³-hybridized carbons (Fsp3) is 0.500. The normalized spacial score (nSPS) is 11.0. The first-order valence-electron chi connectivity index (χ1n) is 8.65. The Labute approximate surface area is 176 Å². The molecule has 0 spiro atoms. The average molecular weight is 489 g/mol. The van der Waals surface area contributed by atoms with Gasteiger partial charge < -0.3 is 15.4 Å². The first kappa shape index (κ1) is 22.6. The standard InChI is InChI=1S/C18H27N5OS.HI/c1-5-19-18(21-10-8-17-23-13(3)14(4)25-17)22-12-15-7-9-20-16(11-15)24-6-2;/h7,9,11H,5-6,8,10,12H2,1-4H3,(H2,19,21,22);1H. The molecule has 0 aliphatic rings. The molecule has 0 bridgehead atoms. The van der Waals surface area contributed by atoms with Crippen LogP contribution in [-0.4, -0.2) is 35.6 Å². The zero-order valence-corrected chi connectivity index (χ0v) is 19.0. The summed E-state index contributed by atoms with van der Waals surface area (Å²) in [5, 5.41) is 7.80. The number of aryl methyl sites for hydroxylation is 2. The zero-order chi connectivity index (χ0) is 18.1. The van der Waals surface area contributed by atoms with E-state index in [-0.39, 0.29) is 24.0 Å². The molecule has 0 unspecified atom stereocenters. The Bertz CT molecular complexity index is 685. The highest BCUT2D eigenvalue weighted by atomic mass is 127. The predicted octanol–water partition coefficient (Wildman–Crippen LogP) is 3.47. The zero-order valence-electron chi connectivity index (χ0n) is 15.8. The van der Waals surface area contributed by atoms with Crippen LogP contribution in [0.3, 0.4) is 0 Å². The van der Waals surface area contributed by atoms with Crippen LogP contribution in [0.2, 0.25) is 0 Å². The summed E-state index contributed by atoms with van der Waals surface area (Å²) in [6.45, 7) is 11.0. The number of pyridine rings is 1. The highest BCUT2D eigenvalue weighted by molar-refractivity contribution is 14.0. The summed E-state index contributed by atoms with van der Waals surface area (Å²) in [7, 11) is 0. The number of rotatable bonds is 8. The summed E-state index contributed by atoms with van der Waals surface area (Å²) in [5.41, 5.74) is 2.20. The third-order valence-corrected chi connectivity index (χ3v) is 4.69. The van der Waals surface area contributed by atoms with Crippen molar-refractivity contribution in [2.75, 3.05) is 19.7 Å². The van der Waals surface area contributed by atoms with E-state index in [2.05, 4.69) is 46.4 Å². The molecule has 0 radical (unpaired) electrons. The molecule has 0 fully saturated rings. The van der Waals surface area contributed by atoms with E-state index in [0.29, 0.717) is 19.0 Å². The van der Waals surface area contributed by atoms with Crippen LogP contribution in [0.25, 0.3) is 0 Å². The predicted molar refractivity (Wildman–Crippen MR) is 119 cm³/mol. The van der Waals surface area contributed by atoms with E-state index in [1.807, 2.05) is 19.1 Å². The summed E-state index contributed by atoms with van der Waals surface area (Å²) in [6, 6.07) is 3.88. The van der Waals surface area contributed by atoms with Crippen molar-refractivity contribution in [1.82, 2.24) is 20.6 Å². The monoisotopic (exact) mass is 489 g/mol. The van der Waals surface area contributed by atoms with Crippen LogP contribution in [0.5, 0.6) is 5.88 Å². The molecule has 2 heterocycles. The number of hydrogen-bond acceptors (Lipinski definition) is 5. The Morgan fingerprint density at radius 3 is 2.73 bits per heavy atom. The molecule has 26 heavy (non-hydrogen) atoms. The second kappa shape index (κ2) is 12.1. The van der Waals surface area contributed by atoms with Gasteiger partial charge in [-0.2, -0.15) is 0 Å². The van der Waals surface area contributed by atoms with Gasteiger partial charge in [-0.05, 0) is 39.3 Å². The fourth-order valence-electron chi connectivity index (χ4n) is 2.22. The minimum atomic E-state index is 0. The van der Waals surface area contributed by atoms with E-state index in [1.54, 1.807) is 17.5 Å². The minimum absolute atomic E-state index is 0. The van der Waals surface area contributed by atoms with Gasteiger partial charge in [-0.15, -0.1) is 35.3 Å². The van der Waals surface area contributed by atoms with Crippen LogP contribution in [-0.2, 0) is 13.0 Å². The molecule has 0 aromatic carbocycles. The quantitative estimate of drug-likeness (QED) is 0.338. The maximum Gasteiger partial charge on any atom is 0.213 e. The summed E-state index contributed by atoms with van der Waals surface area (Å²) in [6.07, 6.45) is 2.65. The van der Waals surface area contributed by atoms with Gasteiger partial charge in [0.05, 0.1) is 23.9 Å². The molecule has 2 rings (SSSR count). The van der Waals surface area contributed by atoms with Crippen molar-refractivity contribution in [3.05, 3.63) is 39.5 Å². The number of hydrogen-bond donors (Lipinski definition) is 2. The van der Waals surface area contributed by atoms with Crippen LogP contribution >= 0.6 is 35.3 Å². The average Bonchev–Trinajstić information content (AvgIpc) is 2.91. The summed E-state index contributed by atoms with van der Waals surface area (Å²) < 4.78 is 5.43. The molecule has 2 aromatic heterocycles. The van der Waals surface area contributed by atoms with Crippen LogP contribution < -0.4 is 15.4 Å². The number of ether oxygens (including phenoxy) is 1. The number of guanidine groups is 1. The largest absolute Gasteiger partial charge is 0.478 e. The topological polar surface area (TPSA) is 71.4 Å². The summed E-state index contributed by atoms with van der Waals surface area (Å²) in [5.74, 6) is 1.45. The molecule has 0 aliphatic heterocycles. The summed E-state index contributed by atoms with van der Waals surface area (Å²) >= 11 is 1.76. The number of halogens is 1. The fourth-order valence-corrected chi connectivity index (χ4v) is 3.16. The number of thiazole rings is 1. The van der Waals surface area contributed by atoms with E-state index in [0.717, 1.165) is 41.7 Å². The van der Waals surface area contributed by atoms with Crippen molar-refractivity contribution in [3.63, 3.8) is 0 Å². The lowest BCUT2D eigenvalue weighted by Gasteiger charge is -2.11. The van der Waals surface area contributed by atoms with Gasteiger partial charge in [0.15, 0.2) is 5.96 Å². The van der Waals surface area contributed by atoms with Crippen LogP contribution in [0.15, 0.2) is 23.3 Å². The molecule has 0 saturated heterocycles. The Balaban J connectivity index is 0.00000338. The second-order valence-corrected chi connectivity index (χ2v) is 6.84. The maximum atomic E-state index is 5.43. The van der Waals surface area contributed by atoms with Gasteiger partial charge in [-0.25, -0.2) is 15.0 Å². The number of nitrogens with one attached hydrogen (secondary N) is 2. The Morgan fingerprint density at radius 1 is 1.27 bits per heavy atom. The molecular formula is C18H28IN5OS. The van der Waals surface area contributed by atoms with Crippen molar-refractivity contribution in [3.8, 4) is 5.88 Å². The molecule has 6 nitrogen and oxygen atoms in total. The first-order chi connectivity index (χ1) is 12.1. The van der Waals surface area contributed by atoms with Crippen LogP contribution in [0.4, 0.5) is 0 Å². The van der Waals surface area contributed by atoms with E-state index >= 15 is 0 Å². The molecule has 8 heteroatoms. The van der Waals surface area contributed by atoms with E-state index in [1.165, 1.54) is 4.88 Å². The molecule has 0 saturated carbocycles. The third-order valence-electron chi connectivity index (χ3n) is 3.56. The molecule has 2 aromatic rings. The van der Waals surface area contributed by atoms with Crippen molar-refractivity contribution in [2.24, 2.45) is 4.99 Å². The molecule has 0 aliphatic carbocycles. The van der Waals surface area contributed by atoms with Crippen molar-refractivity contribution < 1.29 is 4.74 Å². The van der Waals surface area contributed by atoms with Gasteiger partial charge in [0, 0.05) is 36.7 Å². The number of aliphatic imine (C=N–C) groups is 1. The lowest BCUT2D eigenvalue weighted by molar-refractivity contribution is 0.326. The lowest BCUT2D eigenvalue weighted by Crippen LogP contribution is -2.38. The van der Waals surface area contributed by atoms with Gasteiger partial charge in [0.1, 0.15) is 0 Å². The highest BCUT2D eigenvalue weighted by Gasteiger charge is 2.04. The van der Waals surface area contributed by atoms with Gasteiger partial charge in [0.25, 0.3) is 0 Å². The Morgan fingerprint density at radius 2 is 2.08 bits per heavy atom. The SMILES string of the molecule is CCNC(=NCc1ccnc(OCC)c1)NCCc1nc(C)c(C)s1.I. The first-order valence-corrected chi connectivity index (χ1v) is 9.46. The number of nitrogens with zero attached hydrogens (tertiary/aromatic N) is 3. The van der Waals surface area contributed by atoms with E-state index < -0.39 is 0 Å².